The molecule has 0 saturated heterocycles. The summed E-state index contributed by atoms with van der Waals surface area (Å²) in [6.45, 7) is 4.26. The highest BCUT2D eigenvalue weighted by molar-refractivity contribution is 5.00. The van der Waals surface area contributed by atoms with Crippen LogP contribution in [0.1, 0.15) is 71.6 Å². The molecule has 124 valence electrons. The number of unbranched alkanes of at least 4 members (excludes halogenated alkanes) is 6. The van der Waals surface area contributed by atoms with Crippen LogP contribution in [0.25, 0.3) is 0 Å². The van der Waals surface area contributed by atoms with Crippen LogP contribution in [-0.2, 0) is 0 Å². The zero-order chi connectivity index (χ0) is 15.9. The van der Waals surface area contributed by atoms with Crippen LogP contribution in [0.15, 0.2) is 23.8 Å². The van der Waals surface area contributed by atoms with E-state index in [1.54, 1.807) is 6.08 Å². The third-order valence-corrected chi connectivity index (χ3v) is 3.73. The molecule has 0 rings (SSSR count). The molecule has 0 aliphatic rings. The Hall–Kier alpha value is -0.640. The fourth-order valence-corrected chi connectivity index (χ4v) is 2.20. The van der Waals surface area contributed by atoms with Gasteiger partial charge in [0.25, 0.3) is 0 Å². The molecule has 2 unspecified atom stereocenters. The van der Waals surface area contributed by atoms with Crippen molar-refractivity contribution in [1.82, 2.24) is 0 Å². The molecule has 0 radical (unpaired) electrons. The normalized spacial score (nSPS) is 15.6. The molecule has 0 aromatic rings. The maximum atomic E-state index is 9.54. The summed E-state index contributed by atoms with van der Waals surface area (Å²) in [6, 6.07) is -0.578. The van der Waals surface area contributed by atoms with E-state index < -0.39 is 12.1 Å². The van der Waals surface area contributed by atoms with Crippen LogP contribution in [0.5, 0.6) is 0 Å². The number of aliphatic hydroxyl groups excluding tert-OH is 2. The van der Waals surface area contributed by atoms with Crippen molar-refractivity contribution < 1.29 is 10.2 Å². The summed E-state index contributed by atoms with van der Waals surface area (Å²) in [5, 5.41) is 18.3. The molecule has 0 spiro atoms. The van der Waals surface area contributed by atoms with E-state index in [-0.39, 0.29) is 6.61 Å². The number of hydrogen-bond acceptors (Lipinski definition) is 3. The lowest BCUT2D eigenvalue weighted by molar-refractivity contribution is 0.144. The SMILES string of the molecule is CCCCCCCCC(C)=CCCC=CC(O)C(N)CO. The summed E-state index contributed by atoms with van der Waals surface area (Å²) >= 11 is 0. The average Bonchev–Trinajstić information content (AvgIpc) is 2.49. The van der Waals surface area contributed by atoms with Gasteiger partial charge in [0.1, 0.15) is 0 Å². The van der Waals surface area contributed by atoms with E-state index in [9.17, 15) is 5.11 Å². The molecule has 0 aromatic carbocycles. The zero-order valence-electron chi connectivity index (χ0n) is 13.9. The van der Waals surface area contributed by atoms with Crippen LogP contribution >= 0.6 is 0 Å². The number of allylic oxidation sites excluding steroid dienone is 3. The molecule has 3 heteroatoms. The summed E-state index contributed by atoms with van der Waals surface area (Å²) in [6.07, 6.45) is 16.3. The van der Waals surface area contributed by atoms with E-state index in [4.69, 9.17) is 10.8 Å². The maximum absolute atomic E-state index is 9.54. The second kappa shape index (κ2) is 14.3. The Kier molecular flexibility index (Phi) is 13.9. The molecule has 0 heterocycles. The van der Waals surface area contributed by atoms with E-state index in [0.29, 0.717) is 0 Å². The number of aliphatic hydroxyl groups is 2. The molecule has 21 heavy (non-hydrogen) atoms. The first-order valence-corrected chi connectivity index (χ1v) is 8.48. The molecule has 0 amide bonds. The van der Waals surface area contributed by atoms with Gasteiger partial charge in [-0.1, -0.05) is 62.8 Å². The van der Waals surface area contributed by atoms with Gasteiger partial charge in [-0.3, -0.25) is 0 Å². The lowest BCUT2D eigenvalue weighted by Gasteiger charge is -2.11. The molecule has 4 N–H and O–H groups in total. The topological polar surface area (TPSA) is 66.5 Å². The second-order valence-corrected chi connectivity index (χ2v) is 5.91. The van der Waals surface area contributed by atoms with Crippen molar-refractivity contribution in [3.63, 3.8) is 0 Å². The van der Waals surface area contributed by atoms with Gasteiger partial charge in [0.15, 0.2) is 0 Å². The van der Waals surface area contributed by atoms with Crippen LogP contribution < -0.4 is 5.73 Å². The molecular weight excluding hydrogens is 262 g/mol. The molecule has 3 nitrogen and oxygen atoms in total. The summed E-state index contributed by atoms with van der Waals surface area (Å²) in [7, 11) is 0. The van der Waals surface area contributed by atoms with Crippen molar-refractivity contribution in [3.8, 4) is 0 Å². The average molecular weight is 297 g/mol. The fourth-order valence-electron chi connectivity index (χ4n) is 2.20. The largest absolute Gasteiger partial charge is 0.395 e. The van der Waals surface area contributed by atoms with E-state index in [0.717, 1.165) is 12.8 Å². The first kappa shape index (κ1) is 20.4. The van der Waals surface area contributed by atoms with E-state index in [1.165, 1.54) is 50.5 Å². The zero-order valence-corrected chi connectivity index (χ0v) is 13.9. The van der Waals surface area contributed by atoms with Gasteiger partial charge in [0.2, 0.25) is 0 Å². The Bertz CT molecular complexity index is 287. The monoisotopic (exact) mass is 297 g/mol. The Morgan fingerprint density at radius 1 is 1.10 bits per heavy atom. The second-order valence-electron chi connectivity index (χ2n) is 5.91. The van der Waals surface area contributed by atoms with Crippen LogP contribution in [-0.4, -0.2) is 29.0 Å². The van der Waals surface area contributed by atoms with Crippen molar-refractivity contribution in [2.75, 3.05) is 6.61 Å². The van der Waals surface area contributed by atoms with Crippen LogP contribution in [0, 0.1) is 0 Å². The summed E-state index contributed by atoms with van der Waals surface area (Å²) in [4.78, 5) is 0. The lowest BCUT2D eigenvalue weighted by Crippen LogP contribution is -2.36. The van der Waals surface area contributed by atoms with Gasteiger partial charge < -0.3 is 15.9 Å². The summed E-state index contributed by atoms with van der Waals surface area (Å²) in [5.41, 5.74) is 6.98. The molecular formula is C18H35NO2. The summed E-state index contributed by atoms with van der Waals surface area (Å²) < 4.78 is 0. The van der Waals surface area contributed by atoms with E-state index in [2.05, 4.69) is 19.9 Å². The Labute approximate surface area is 130 Å². The maximum Gasteiger partial charge on any atom is 0.0894 e. The molecule has 0 saturated carbocycles. The highest BCUT2D eigenvalue weighted by atomic mass is 16.3. The quantitative estimate of drug-likeness (QED) is 0.359. The van der Waals surface area contributed by atoms with Crippen molar-refractivity contribution in [1.29, 1.82) is 0 Å². The Morgan fingerprint density at radius 2 is 1.76 bits per heavy atom. The standard InChI is InChI=1S/C18H35NO2/c1-3-4-5-6-7-9-12-16(2)13-10-8-11-14-18(21)17(19)15-20/h11,13-14,17-18,20-21H,3-10,12,15,19H2,1-2H3. The number of rotatable bonds is 13. The molecule has 0 aliphatic carbocycles. The van der Waals surface area contributed by atoms with Gasteiger partial charge >= 0.3 is 0 Å². The third-order valence-electron chi connectivity index (χ3n) is 3.73. The van der Waals surface area contributed by atoms with Crippen LogP contribution in [0.2, 0.25) is 0 Å². The molecule has 2 atom stereocenters. The lowest BCUT2D eigenvalue weighted by atomic mass is 10.0. The molecule has 0 aliphatic heterocycles. The Balaban J connectivity index is 3.61. The first-order chi connectivity index (χ1) is 10.1. The third kappa shape index (κ3) is 12.8. The minimum absolute atomic E-state index is 0.192. The van der Waals surface area contributed by atoms with E-state index in [1.807, 2.05) is 6.08 Å². The Morgan fingerprint density at radius 3 is 2.43 bits per heavy atom. The molecule has 0 bridgehead atoms. The van der Waals surface area contributed by atoms with Gasteiger partial charge in [0, 0.05) is 0 Å². The van der Waals surface area contributed by atoms with Gasteiger partial charge in [-0.2, -0.15) is 0 Å². The van der Waals surface area contributed by atoms with E-state index >= 15 is 0 Å². The van der Waals surface area contributed by atoms with Gasteiger partial charge in [-0.05, 0) is 32.6 Å². The minimum atomic E-state index is -0.747. The highest BCUT2D eigenvalue weighted by Crippen LogP contribution is 2.12. The van der Waals surface area contributed by atoms with Crippen molar-refractivity contribution >= 4 is 0 Å². The van der Waals surface area contributed by atoms with Crippen molar-refractivity contribution in [2.24, 2.45) is 5.73 Å². The van der Waals surface area contributed by atoms with Gasteiger partial charge in [-0.15, -0.1) is 0 Å². The predicted molar refractivity (Wildman–Crippen MR) is 91.2 cm³/mol. The van der Waals surface area contributed by atoms with Crippen molar-refractivity contribution in [2.45, 2.75) is 83.8 Å². The van der Waals surface area contributed by atoms with Gasteiger partial charge in [0.05, 0.1) is 18.8 Å². The number of hydrogen-bond donors (Lipinski definition) is 3. The van der Waals surface area contributed by atoms with Crippen LogP contribution in [0.3, 0.4) is 0 Å². The molecule has 0 aromatic heterocycles. The smallest absolute Gasteiger partial charge is 0.0894 e. The van der Waals surface area contributed by atoms with Crippen LogP contribution in [0.4, 0.5) is 0 Å². The minimum Gasteiger partial charge on any atom is -0.395 e. The van der Waals surface area contributed by atoms with Gasteiger partial charge in [-0.25, -0.2) is 0 Å². The first-order valence-electron chi connectivity index (χ1n) is 8.48. The number of nitrogens with two attached hydrogens (primary N) is 1. The molecule has 0 fully saturated rings. The van der Waals surface area contributed by atoms with Crippen molar-refractivity contribution in [3.05, 3.63) is 23.8 Å². The highest BCUT2D eigenvalue weighted by Gasteiger charge is 2.08. The fraction of sp³-hybridized carbons (Fsp3) is 0.778. The predicted octanol–water partition coefficient (Wildman–Crippen LogP) is 3.70. The summed E-state index contributed by atoms with van der Waals surface area (Å²) in [5.74, 6) is 0.